The molecule has 0 bridgehead atoms. The molecule has 0 aliphatic carbocycles. The number of likely N-dealkylation sites (tertiary alicyclic amines) is 2. The van der Waals surface area contributed by atoms with Crippen LogP contribution in [0.4, 0.5) is 4.79 Å². The molecule has 0 radical (unpaired) electrons. The van der Waals surface area contributed by atoms with Gasteiger partial charge in [-0.05, 0) is 31.2 Å². The van der Waals surface area contributed by atoms with Gasteiger partial charge in [-0.2, -0.15) is 11.8 Å². The predicted molar refractivity (Wildman–Crippen MR) is 100 cm³/mol. The molecule has 7 nitrogen and oxygen atoms in total. The van der Waals surface area contributed by atoms with Crippen molar-refractivity contribution < 1.29 is 19.1 Å². The van der Waals surface area contributed by atoms with E-state index < -0.39 is 5.60 Å². The molecule has 1 aromatic heterocycles. The van der Waals surface area contributed by atoms with Gasteiger partial charge in [-0.3, -0.25) is 4.79 Å². The number of carbonyl (C=O) groups is 2. The number of rotatable bonds is 3. The fourth-order valence-corrected chi connectivity index (χ4v) is 4.25. The van der Waals surface area contributed by atoms with E-state index in [1.165, 1.54) is 0 Å². The third-order valence-corrected chi connectivity index (χ3v) is 5.94. The van der Waals surface area contributed by atoms with Crippen LogP contribution in [-0.2, 0) is 5.75 Å². The SMILES string of the molecule is CSCc1ccc(C(=O)N2CCC3(O)CCN(C(=O)N(C)C)CC3C2)o1. The molecule has 0 saturated carbocycles. The molecular formula is C18H27N3O4S. The average molecular weight is 381 g/mol. The van der Waals surface area contributed by atoms with Crippen molar-refractivity contribution in [3.63, 3.8) is 0 Å². The summed E-state index contributed by atoms with van der Waals surface area (Å²) in [4.78, 5) is 30.1. The Morgan fingerprint density at radius 2 is 1.92 bits per heavy atom. The Morgan fingerprint density at radius 3 is 2.58 bits per heavy atom. The number of carbonyl (C=O) groups excluding carboxylic acids is 2. The van der Waals surface area contributed by atoms with E-state index in [1.54, 1.807) is 46.6 Å². The van der Waals surface area contributed by atoms with E-state index in [0.29, 0.717) is 44.8 Å². The summed E-state index contributed by atoms with van der Waals surface area (Å²) in [7, 11) is 3.45. The van der Waals surface area contributed by atoms with Crippen molar-refractivity contribution >= 4 is 23.7 Å². The number of aliphatic hydroxyl groups is 1. The third kappa shape index (κ3) is 3.71. The molecule has 2 unspecified atom stereocenters. The lowest BCUT2D eigenvalue weighted by molar-refractivity contribution is -0.101. The van der Waals surface area contributed by atoms with E-state index in [2.05, 4.69) is 0 Å². The molecule has 2 aliphatic rings. The molecule has 144 valence electrons. The van der Waals surface area contributed by atoms with E-state index in [-0.39, 0.29) is 17.9 Å². The molecule has 8 heteroatoms. The minimum absolute atomic E-state index is 0.0526. The third-order valence-electron chi connectivity index (χ3n) is 5.37. The summed E-state index contributed by atoms with van der Waals surface area (Å²) in [6, 6.07) is 3.50. The molecular weight excluding hydrogens is 354 g/mol. The van der Waals surface area contributed by atoms with Crippen LogP contribution in [0.25, 0.3) is 0 Å². The first-order valence-corrected chi connectivity index (χ1v) is 10.3. The molecule has 2 aliphatic heterocycles. The second-order valence-corrected chi connectivity index (χ2v) is 8.24. The maximum Gasteiger partial charge on any atom is 0.319 e. The summed E-state index contributed by atoms with van der Waals surface area (Å²) in [5, 5.41) is 11.0. The fourth-order valence-electron chi connectivity index (χ4n) is 3.81. The second-order valence-electron chi connectivity index (χ2n) is 7.37. The molecule has 3 amide bonds. The van der Waals surface area contributed by atoms with E-state index in [0.717, 1.165) is 11.5 Å². The smallest absolute Gasteiger partial charge is 0.319 e. The van der Waals surface area contributed by atoms with Crippen molar-refractivity contribution in [3.8, 4) is 0 Å². The second kappa shape index (κ2) is 7.52. The van der Waals surface area contributed by atoms with Crippen molar-refractivity contribution in [2.75, 3.05) is 46.5 Å². The lowest BCUT2D eigenvalue weighted by Crippen LogP contribution is -2.62. The number of furan rings is 1. The maximum atomic E-state index is 12.8. The molecule has 3 heterocycles. The molecule has 1 aromatic rings. The van der Waals surface area contributed by atoms with Crippen molar-refractivity contribution in [2.24, 2.45) is 5.92 Å². The van der Waals surface area contributed by atoms with Gasteiger partial charge < -0.3 is 24.2 Å². The highest BCUT2D eigenvalue weighted by Gasteiger charge is 2.47. The van der Waals surface area contributed by atoms with Gasteiger partial charge in [0.05, 0.1) is 11.4 Å². The van der Waals surface area contributed by atoms with Gasteiger partial charge in [-0.1, -0.05) is 0 Å². The minimum atomic E-state index is -0.799. The van der Waals surface area contributed by atoms with Crippen LogP contribution in [0.15, 0.2) is 16.5 Å². The van der Waals surface area contributed by atoms with Crippen LogP contribution >= 0.6 is 11.8 Å². The average Bonchev–Trinajstić information content (AvgIpc) is 3.08. The summed E-state index contributed by atoms with van der Waals surface area (Å²) in [6.45, 7) is 1.96. The monoisotopic (exact) mass is 381 g/mol. The zero-order valence-corrected chi connectivity index (χ0v) is 16.4. The first kappa shape index (κ1) is 19.1. The Hall–Kier alpha value is -1.67. The van der Waals surface area contributed by atoms with Crippen molar-refractivity contribution in [2.45, 2.75) is 24.2 Å². The summed E-state index contributed by atoms with van der Waals surface area (Å²) < 4.78 is 5.65. The fraction of sp³-hybridized carbons (Fsp3) is 0.667. The topological polar surface area (TPSA) is 77.2 Å². The van der Waals surface area contributed by atoms with Crippen LogP contribution in [0.2, 0.25) is 0 Å². The summed E-state index contributed by atoms with van der Waals surface area (Å²) in [6.07, 6.45) is 3.07. The van der Waals surface area contributed by atoms with Crippen molar-refractivity contribution in [1.82, 2.24) is 14.7 Å². The van der Waals surface area contributed by atoms with E-state index in [1.807, 2.05) is 12.3 Å². The van der Waals surface area contributed by atoms with Crippen LogP contribution in [-0.4, -0.2) is 83.9 Å². The van der Waals surface area contributed by atoms with Crippen molar-refractivity contribution in [1.29, 1.82) is 0 Å². The van der Waals surface area contributed by atoms with Gasteiger partial charge in [0, 0.05) is 46.2 Å². The lowest BCUT2D eigenvalue weighted by atomic mass is 9.75. The van der Waals surface area contributed by atoms with Gasteiger partial charge in [-0.25, -0.2) is 4.79 Å². The maximum absolute atomic E-state index is 12.8. The highest BCUT2D eigenvalue weighted by molar-refractivity contribution is 7.97. The van der Waals surface area contributed by atoms with Crippen LogP contribution in [0, 0.1) is 5.92 Å². The standard InChI is InChI=1S/C18H27N3O4S/c1-19(2)17(23)21-9-7-18(24)6-8-20(10-13(18)11-21)16(22)15-5-4-14(25-15)12-26-3/h4-5,13,24H,6-12H2,1-3H3. The summed E-state index contributed by atoms with van der Waals surface area (Å²) in [5.41, 5.74) is -0.799. The van der Waals surface area contributed by atoms with Gasteiger partial charge in [0.25, 0.3) is 5.91 Å². The summed E-state index contributed by atoms with van der Waals surface area (Å²) in [5.74, 6) is 1.58. The Morgan fingerprint density at radius 1 is 1.27 bits per heavy atom. The van der Waals surface area contributed by atoms with Gasteiger partial charge in [-0.15, -0.1) is 0 Å². The zero-order valence-electron chi connectivity index (χ0n) is 15.6. The largest absolute Gasteiger partial charge is 0.455 e. The Labute approximate surface area is 158 Å². The molecule has 3 rings (SSSR count). The van der Waals surface area contributed by atoms with Crippen LogP contribution < -0.4 is 0 Å². The number of amides is 3. The number of thioether (sulfide) groups is 1. The highest BCUT2D eigenvalue weighted by Crippen LogP contribution is 2.36. The Bertz CT molecular complexity index is 677. The minimum Gasteiger partial charge on any atom is -0.455 e. The number of nitrogens with zero attached hydrogens (tertiary/aromatic N) is 3. The molecule has 0 aromatic carbocycles. The highest BCUT2D eigenvalue weighted by atomic mass is 32.2. The molecule has 2 atom stereocenters. The van der Waals surface area contributed by atoms with Gasteiger partial charge in [0.2, 0.25) is 0 Å². The van der Waals surface area contributed by atoms with Crippen molar-refractivity contribution in [3.05, 3.63) is 23.7 Å². The Balaban J connectivity index is 1.69. The molecule has 1 N–H and O–H groups in total. The number of hydrogen-bond donors (Lipinski definition) is 1. The quantitative estimate of drug-likeness (QED) is 0.863. The lowest BCUT2D eigenvalue weighted by Gasteiger charge is -2.50. The van der Waals surface area contributed by atoms with Gasteiger partial charge in [0.1, 0.15) is 5.76 Å². The van der Waals surface area contributed by atoms with Crippen LogP contribution in [0.3, 0.4) is 0 Å². The summed E-state index contributed by atoms with van der Waals surface area (Å²) >= 11 is 1.64. The van der Waals surface area contributed by atoms with Gasteiger partial charge >= 0.3 is 6.03 Å². The predicted octanol–water partition coefficient (Wildman–Crippen LogP) is 1.72. The number of fused-ring (bicyclic) bond motifs is 1. The van der Waals surface area contributed by atoms with E-state index in [4.69, 9.17) is 4.42 Å². The van der Waals surface area contributed by atoms with E-state index in [9.17, 15) is 14.7 Å². The van der Waals surface area contributed by atoms with Crippen LogP contribution in [0.5, 0.6) is 0 Å². The Kier molecular flexibility index (Phi) is 5.53. The first-order chi connectivity index (χ1) is 12.3. The normalized spacial score (nSPS) is 25.8. The molecule has 2 fully saturated rings. The van der Waals surface area contributed by atoms with Crippen LogP contribution in [0.1, 0.15) is 29.2 Å². The molecule has 0 spiro atoms. The van der Waals surface area contributed by atoms with E-state index >= 15 is 0 Å². The first-order valence-electron chi connectivity index (χ1n) is 8.89. The number of piperidine rings is 2. The number of hydrogen-bond acceptors (Lipinski definition) is 5. The molecule has 26 heavy (non-hydrogen) atoms. The zero-order chi connectivity index (χ0) is 18.9. The number of urea groups is 1. The van der Waals surface area contributed by atoms with Gasteiger partial charge in [0.15, 0.2) is 5.76 Å². The molecule has 2 saturated heterocycles.